The summed E-state index contributed by atoms with van der Waals surface area (Å²) in [6.07, 6.45) is -4.50. The number of rotatable bonds is 8. The normalized spacial score (nSPS) is 11.1. The first-order valence-corrected chi connectivity index (χ1v) is 10.1. The van der Waals surface area contributed by atoms with E-state index in [1.165, 1.54) is 19.2 Å². The van der Waals surface area contributed by atoms with Gasteiger partial charge in [0.25, 0.3) is 11.1 Å². The molecule has 0 fully saturated rings. The zero-order valence-corrected chi connectivity index (χ0v) is 17.4. The quantitative estimate of drug-likeness (QED) is 0.487. The average molecular weight is 466 g/mol. The van der Waals surface area contributed by atoms with Gasteiger partial charge in [0, 0.05) is 11.3 Å². The zero-order chi connectivity index (χ0) is 23.1. The molecule has 2 amide bonds. The van der Waals surface area contributed by atoms with Crippen LogP contribution in [0.5, 0.6) is 5.75 Å². The summed E-state index contributed by atoms with van der Waals surface area (Å²) in [4.78, 5) is 24.1. The van der Waals surface area contributed by atoms with Gasteiger partial charge in [-0.25, -0.2) is 0 Å². The Kier molecular flexibility index (Phi) is 7.36. The number of thioether (sulfide) groups is 1. The third kappa shape index (κ3) is 6.48. The minimum atomic E-state index is -4.50. The molecule has 12 heteroatoms. The number of alkyl halides is 3. The molecule has 0 aliphatic heterocycles. The second-order valence-electron chi connectivity index (χ2n) is 6.29. The lowest BCUT2D eigenvalue weighted by Gasteiger charge is -2.09. The van der Waals surface area contributed by atoms with Gasteiger partial charge < -0.3 is 19.8 Å². The van der Waals surface area contributed by atoms with Crippen molar-refractivity contribution in [2.45, 2.75) is 17.9 Å². The molecule has 0 aliphatic carbocycles. The van der Waals surface area contributed by atoms with E-state index in [1.54, 1.807) is 24.3 Å². The molecule has 0 unspecified atom stereocenters. The highest BCUT2D eigenvalue weighted by molar-refractivity contribution is 7.99. The van der Waals surface area contributed by atoms with Crippen LogP contribution in [0.3, 0.4) is 0 Å². The Bertz CT molecular complexity index is 1090. The molecule has 3 rings (SSSR count). The Labute approximate surface area is 184 Å². The highest BCUT2D eigenvalue weighted by atomic mass is 32.2. The summed E-state index contributed by atoms with van der Waals surface area (Å²) in [7, 11) is 1.52. The number of nitrogens with zero attached hydrogens (tertiary/aromatic N) is 2. The number of ether oxygens (including phenoxy) is 1. The van der Waals surface area contributed by atoms with Crippen molar-refractivity contribution < 1.29 is 31.9 Å². The smallest absolute Gasteiger partial charge is 0.416 e. The summed E-state index contributed by atoms with van der Waals surface area (Å²) in [5.41, 5.74) is -0.412. The van der Waals surface area contributed by atoms with Crippen molar-refractivity contribution in [1.82, 2.24) is 15.5 Å². The molecule has 8 nitrogen and oxygen atoms in total. The molecule has 2 N–H and O–H groups in total. The number of methoxy groups -OCH3 is 1. The number of amides is 2. The molecule has 0 spiro atoms. The summed E-state index contributed by atoms with van der Waals surface area (Å²) >= 11 is 0.912. The molecular formula is C20H17F3N4O4S. The van der Waals surface area contributed by atoms with Gasteiger partial charge >= 0.3 is 6.18 Å². The summed E-state index contributed by atoms with van der Waals surface area (Å²) in [6, 6.07) is 10.8. The molecule has 0 radical (unpaired) electrons. The van der Waals surface area contributed by atoms with E-state index in [1.807, 2.05) is 0 Å². The van der Waals surface area contributed by atoms with Crippen molar-refractivity contribution in [3.05, 3.63) is 65.5 Å². The molecule has 0 atom stereocenters. The van der Waals surface area contributed by atoms with Gasteiger partial charge in [-0.05, 0) is 42.5 Å². The van der Waals surface area contributed by atoms with Gasteiger partial charge in [0.05, 0.1) is 25.0 Å². The monoisotopic (exact) mass is 466 g/mol. The van der Waals surface area contributed by atoms with E-state index >= 15 is 0 Å². The molecule has 0 aliphatic rings. The number of carbonyl (C=O) groups excluding carboxylic acids is 2. The zero-order valence-electron chi connectivity index (χ0n) is 16.6. The van der Waals surface area contributed by atoms with Gasteiger partial charge in [-0.2, -0.15) is 13.2 Å². The number of nitrogens with one attached hydrogen (secondary N) is 2. The molecular weight excluding hydrogens is 449 g/mol. The number of halogens is 3. The number of hydrogen-bond donors (Lipinski definition) is 2. The average Bonchev–Trinajstić information content (AvgIpc) is 3.23. The number of anilines is 1. The summed E-state index contributed by atoms with van der Waals surface area (Å²) in [5, 5.41) is 12.6. The lowest BCUT2D eigenvalue weighted by atomic mass is 10.2. The Morgan fingerprint density at radius 2 is 1.88 bits per heavy atom. The maximum absolute atomic E-state index is 12.7. The summed E-state index contributed by atoms with van der Waals surface area (Å²) in [5.74, 6) is -0.289. The summed E-state index contributed by atoms with van der Waals surface area (Å²) < 4.78 is 48.6. The Hall–Kier alpha value is -3.54. The van der Waals surface area contributed by atoms with E-state index in [0.717, 1.165) is 23.9 Å². The van der Waals surface area contributed by atoms with Gasteiger partial charge in [-0.1, -0.05) is 17.8 Å². The van der Waals surface area contributed by atoms with Crippen LogP contribution in [0.2, 0.25) is 0 Å². The van der Waals surface area contributed by atoms with Gasteiger partial charge in [0.15, 0.2) is 0 Å². The van der Waals surface area contributed by atoms with Crippen molar-refractivity contribution in [2.24, 2.45) is 0 Å². The number of benzene rings is 2. The van der Waals surface area contributed by atoms with Crippen molar-refractivity contribution in [2.75, 3.05) is 18.2 Å². The molecule has 1 aromatic heterocycles. The van der Waals surface area contributed by atoms with Crippen molar-refractivity contribution in [1.29, 1.82) is 0 Å². The molecule has 1 heterocycles. The van der Waals surface area contributed by atoms with Crippen LogP contribution in [-0.2, 0) is 17.5 Å². The second kappa shape index (κ2) is 10.2. The predicted octanol–water partition coefficient (Wildman–Crippen LogP) is 3.76. The van der Waals surface area contributed by atoms with Gasteiger partial charge in [0.1, 0.15) is 5.75 Å². The van der Waals surface area contributed by atoms with Crippen LogP contribution in [-0.4, -0.2) is 34.9 Å². The van der Waals surface area contributed by atoms with Crippen molar-refractivity contribution in [3.63, 3.8) is 0 Å². The third-order valence-electron chi connectivity index (χ3n) is 4.00. The molecule has 32 heavy (non-hydrogen) atoms. The Morgan fingerprint density at radius 1 is 1.12 bits per heavy atom. The van der Waals surface area contributed by atoms with E-state index in [9.17, 15) is 22.8 Å². The first-order chi connectivity index (χ1) is 15.2. The van der Waals surface area contributed by atoms with Crippen LogP contribution in [0.4, 0.5) is 18.9 Å². The Morgan fingerprint density at radius 3 is 2.56 bits per heavy atom. The fourth-order valence-electron chi connectivity index (χ4n) is 2.47. The first-order valence-electron chi connectivity index (χ1n) is 9.09. The maximum Gasteiger partial charge on any atom is 0.416 e. The van der Waals surface area contributed by atoms with Crippen LogP contribution in [0.25, 0.3) is 0 Å². The second-order valence-corrected chi connectivity index (χ2v) is 7.21. The molecule has 0 saturated heterocycles. The van der Waals surface area contributed by atoms with Gasteiger partial charge in [0.2, 0.25) is 11.8 Å². The molecule has 0 bridgehead atoms. The number of hydrogen-bond acceptors (Lipinski definition) is 7. The van der Waals surface area contributed by atoms with E-state index in [0.29, 0.717) is 11.3 Å². The van der Waals surface area contributed by atoms with Crippen LogP contribution in [0.15, 0.2) is 58.2 Å². The van der Waals surface area contributed by atoms with Crippen molar-refractivity contribution >= 4 is 29.3 Å². The largest absolute Gasteiger partial charge is 0.497 e. The van der Waals surface area contributed by atoms with E-state index in [4.69, 9.17) is 9.15 Å². The van der Waals surface area contributed by atoms with Gasteiger partial charge in [-0.15, -0.1) is 10.2 Å². The predicted molar refractivity (Wildman–Crippen MR) is 109 cm³/mol. The minimum Gasteiger partial charge on any atom is -0.497 e. The fourth-order valence-corrected chi connectivity index (χ4v) is 3.05. The summed E-state index contributed by atoms with van der Waals surface area (Å²) in [6.45, 7) is -0.0190. The highest BCUT2D eigenvalue weighted by Crippen LogP contribution is 2.30. The van der Waals surface area contributed by atoms with Gasteiger partial charge in [-0.3, -0.25) is 9.59 Å². The number of carbonyl (C=O) groups is 2. The van der Waals surface area contributed by atoms with Crippen LogP contribution < -0.4 is 15.4 Å². The first kappa shape index (κ1) is 23.1. The van der Waals surface area contributed by atoms with Crippen LogP contribution in [0.1, 0.15) is 21.8 Å². The molecule has 3 aromatic rings. The van der Waals surface area contributed by atoms with Crippen LogP contribution >= 0.6 is 11.8 Å². The number of aromatic nitrogens is 2. The molecule has 2 aromatic carbocycles. The minimum absolute atomic E-state index is 0.0190. The maximum atomic E-state index is 12.7. The van der Waals surface area contributed by atoms with E-state index < -0.39 is 17.6 Å². The van der Waals surface area contributed by atoms with Crippen molar-refractivity contribution in [3.8, 4) is 5.75 Å². The third-order valence-corrected chi connectivity index (χ3v) is 4.82. The van der Waals surface area contributed by atoms with Crippen LogP contribution in [0, 0.1) is 0 Å². The van der Waals surface area contributed by atoms with E-state index in [2.05, 4.69) is 20.8 Å². The topological polar surface area (TPSA) is 106 Å². The highest BCUT2D eigenvalue weighted by Gasteiger charge is 2.30. The van der Waals surface area contributed by atoms with E-state index in [-0.39, 0.29) is 35.0 Å². The lowest BCUT2D eigenvalue weighted by molar-refractivity contribution is -0.137. The lowest BCUT2D eigenvalue weighted by Crippen LogP contribution is -2.22. The SMILES string of the molecule is COc1ccc(C(=O)NCc2nnc(SCC(=O)Nc3cccc(C(F)(F)F)c3)o2)cc1. The standard InChI is InChI=1S/C20H17F3N4O4S/c1-30-15-7-5-12(6-8-15)18(29)24-10-17-26-27-19(31-17)32-11-16(28)25-14-4-2-3-13(9-14)20(21,22)23/h2-9H,10-11H2,1H3,(H,24,29)(H,25,28). The molecule has 0 saturated carbocycles. The fraction of sp³-hybridized carbons (Fsp3) is 0.200. The Balaban J connectivity index is 1.46. The molecule has 168 valence electrons.